The Kier molecular flexibility index (Phi) is 3.51. The minimum atomic E-state index is -0.626. The van der Waals surface area contributed by atoms with Gasteiger partial charge in [0.05, 0.1) is 23.9 Å². The van der Waals surface area contributed by atoms with Crippen molar-refractivity contribution in [3.05, 3.63) is 41.5 Å². The van der Waals surface area contributed by atoms with Crippen LogP contribution in [-0.4, -0.2) is 24.6 Å². The van der Waals surface area contributed by atoms with E-state index in [1.165, 1.54) is 7.11 Å². The fraction of sp³-hybridized carbons (Fsp3) is 0.333. The van der Waals surface area contributed by atoms with E-state index in [0.717, 1.165) is 5.56 Å². The Hall–Kier alpha value is -2.56. The van der Waals surface area contributed by atoms with Crippen molar-refractivity contribution in [2.24, 2.45) is 5.92 Å². The highest BCUT2D eigenvalue weighted by Crippen LogP contribution is 2.44. The number of hydrogen-bond acceptors (Lipinski definition) is 4. The van der Waals surface area contributed by atoms with Gasteiger partial charge >= 0.3 is 5.97 Å². The summed E-state index contributed by atoms with van der Waals surface area (Å²) >= 11 is 0. The van der Waals surface area contributed by atoms with E-state index < -0.39 is 11.6 Å². The first-order valence-corrected chi connectivity index (χ1v) is 7.62. The largest absolute Gasteiger partial charge is 0.465 e. The van der Waals surface area contributed by atoms with Gasteiger partial charge in [-0.25, -0.2) is 4.79 Å². The van der Waals surface area contributed by atoms with E-state index in [-0.39, 0.29) is 11.8 Å². The summed E-state index contributed by atoms with van der Waals surface area (Å²) in [5.74, 6) is -0.490. The van der Waals surface area contributed by atoms with Gasteiger partial charge in [-0.1, -0.05) is 44.2 Å². The highest BCUT2D eigenvalue weighted by Gasteiger charge is 2.42. The summed E-state index contributed by atoms with van der Waals surface area (Å²) in [7, 11) is 1.35. The molecule has 1 atom stereocenters. The molecule has 2 N–H and O–H groups in total. The number of fused-ring (bicyclic) bond motifs is 3. The standard InChI is InChI=1S/C18H20N2O3/c1-10(2)18(3)19-15-13(16(21)20-18)11-8-6-5-7-9-12(11)14(15)17(22)23-4/h5-10,19H,1-4H3,(H,20,21). The van der Waals surface area contributed by atoms with E-state index in [0.29, 0.717) is 22.4 Å². The number of hydrogen-bond donors (Lipinski definition) is 2. The van der Waals surface area contributed by atoms with Crippen LogP contribution in [0.15, 0.2) is 30.3 Å². The summed E-state index contributed by atoms with van der Waals surface area (Å²) in [4.78, 5) is 25.1. The van der Waals surface area contributed by atoms with Gasteiger partial charge < -0.3 is 15.4 Å². The first-order valence-electron chi connectivity index (χ1n) is 7.62. The predicted octanol–water partition coefficient (Wildman–Crippen LogP) is 3.11. The third-order valence-corrected chi connectivity index (χ3v) is 4.61. The smallest absolute Gasteiger partial charge is 0.340 e. The Morgan fingerprint density at radius 1 is 1.13 bits per heavy atom. The van der Waals surface area contributed by atoms with Crippen LogP contribution in [0.4, 0.5) is 5.69 Å². The molecule has 0 aromatic rings. The first kappa shape index (κ1) is 15.3. The summed E-state index contributed by atoms with van der Waals surface area (Å²) in [6.45, 7) is 5.94. The summed E-state index contributed by atoms with van der Waals surface area (Å²) < 4.78 is 4.95. The maximum absolute atomic E-state index is 12.7. The zero-order valence-electron chi connectivity index (χ0n) is 13.7. The summed E-state index contributed by atoms with van der Waals surface area (Å²) in [6.07, 6.45) is 0. The highest BCUT2D eigenvalue weighted by molar-refractivity contribution is 6.18. The molecule has 2 aliphatic carbocycles. The Balaban J connectivity index is 2.33. The number of esters is 1. The molecule has 0 aromatic heterocycles. The lowest BCUT2D eigenvalue weighted by atomic mass is 9.94. The fourth-order valence-electron chi connectivity index (χ4n) is 2.93. The summed E-state index contributed by atoms with van der Waals surface area (Å²) in [5, 5.41) is 6.37. The minimum absolute atomic E-state index is 0.138. The van der Waals surface area contributed by atoms with Gasteiger partial charge in [0, 0.05) is 0 Å². The van der Waals surface area contributed by atoms with Crippen molar-refractivity contribution < 1.29 is 14.3 Å². The third-order valence-electron chi connectivity index (χ3n) is 4.61. The van der Waals surface area contributed by atoms with Gasteiger partial charge in [0.25, 0.3) is 5.91 Å². The molecule has 1 unspecified atom stereocenters. The Morgan fingerprint density at radius 3 is 2.39 bits per heavy atom. The molecule has 0 saturated carbocycles. The van der Waals surface area contributed by atoms with Crippen LogP contribution in [-0.2, 0) is 4.74 Å². The molecule has 1 heterocycles. The zero-order valence-corrected chi connectivity index (χ0v) is 13.7. The zero-order chi connectivity index (χ0) is 16.8. The van der Waals surface area contributed by atoms with Crippen LogP contribution in [0.25, 0.3) is 11.1 Å². The first-order chi connectivity index (χ1) is 10.9. The van der Waals surface area contributed by atoms with E-state index in [1.807, 2.05) is 51.1 Å². The predicted molar refractivity (Wildman–Crippen MR) is 88.7 cm³/mol. The van der Waals surface area contributed by atoms with E-state index in [4.69, 9.17) is 4.74 Å². The monoisotopic (exact) mass is 312 g/mol. The second-order valence-corrected chi connectivity index (χ2v) is 6.29. The number of methoxy groups -OCH3 is 1. The van der Waals surface area contributed by atoms with Crippen LogP contribution in [0.5, 0.6) is 0 Å². The molecule has 1 aliphatic heterocycles. The van der Waals surface area contributed by atoms with Crippen LogP contribution in [0, 0.1) is 5.92 Å². The van der Waals surface area contributed by atoms with Crippen LogP contribution in [0.2, 0.25) is 0 Å². The number of carbonyl (C=O) groups is 2. The van der Waals surface area contributed by atoms with Crippen molar-refractivity contribution in [2.45, 2.75) is 26.4 Å². The average molecular weight is 312 g/mol. The van der Waals surface area contributed by atoms with Gasteiger partial charge in [-0.3, -0.25) is 4.79 Å². The molecule has 0 saturated heterocycles. The average Bonchev–Trinajstić information content (AvgIpc) is 2.64. The normalized spacial score (nSPS) is 20.0. The molecule has 0 radical (unpaired) electrons. The number of ether oxygens (including phenoxy) is 1. The molecule has 3 rings (SSSR count). The summed E-state index contributed by atoms with van der Waals surface area (Å²) in [5.41, 5.74) is 2.28. The Bertz CT molecular complexity index is 769. The molecule has 23 heavy (non-hydrogen) atoms. The van der Waals surface area contributed by atoms with E-state index in [2.05, 4.69) is 10.6 Å². The summed E-state index contributed by atoms with van der Waals surface area (Å²) in [6, 6.07) is 9.24. The van der Waals surface area contributed by atoms with Crippen molar-refractivity contribution >= 4 is 17.6 Å². The molecule has 0 aromatic carbocycles. The second-order valence-electron chi connectivity index (χ2n) is 6.29. The van der Waals surface area contributed by atoms with Gasteiger partial charge in [-0.15, -0.1) is 0 Å². The topological polar surface area (TPSA) is 67.4 Å². The van der Waals surface area contributed by atoms with Gasteiger partial charge in [0.15, 0.2) is 0 Å². The third kappa shape index (κ3) is 2.23. The van der Waals surface area contributed by atoms with Crippen LogP contribution in [0.1, 0.15) is 41.5 Å². The molecule has 120 valence electrons. The van der Waals surface area contributed by atoms with Gasteiger partial charge in [-0.05, 0) is 24.0 Å². The van der Waals surface area contributed by atoms with E-state index in [9.17, 15) is 9.59 Å². The molecular formula is C18H20N2O3. The van der Waals surface area contributed by atoms with E-state index >= 15 is 0 Å². The number of rotatable bonds is 2. The Labute approximate surface area is 135 Å². The lowest BCUT2D eigenvalue weighted by Gasteiger charge is -2.40. The van der Waals surface area contributed by atoms with Crippen LogP contribution >= 0.6 is 0 Å². The van der Waals surface area contributed by atoms with E-state index in [1.54, 1.807) is 0 Å². The van der Waals surface area contributed by atoms with Crippen molar-refractivity contribution in [3.8, 4) is 11.1 Å². The molecule has 0 spiro atoms. The quantitative estimate of drug-likeness (QED) is 0.836. The Morgan fingerprint density at radius 2 is 1.78 bits per heavy atom. The number of nitrogens with one attached hydrogen (secondary N) is 2. The SMILES string of the molecule is COC(=O)c1c2cccccc-2c2c1NC(C)(C(C)C)NC2=O. The van der Waals surface area contributed by atoms with Gasteiger partial charge in [0.2, 0.25) is 0 Å². The maximum atomic E-state index is 12.7. The number of amides is 1. The highest BCUT2D eigenvalue weighted by atomic mass is 16.5. The number of carbonyl (C=O) groups excluding carboxylic acids is 2. The van der Waals surface area contributed by atoms with Crippen LogP contribution in [0.3, 0.4) is 0 Å². The van der Waals surface area contributed by atoms with Crippen molar-refractivity contribution in [1.82, 2.24) is 5.32 Å². The fourth-order valence-corrected chi connectivity index (χ4v) is 2.93. The molecule has 1 amide bonds. The lowest BCUT2D eigenvalue weighted by Crippen LogP contribution is -2.58. The van der Waals surface area contributed by atoms with Gasteiger partial charge in [-0.2, -0.15) is 0 Å². The molecule has 0 bridgehead atoms. The molecule has 0 fully saturated rings. The second kappa shape index (κ2) is 5.26. The van der Waals surface area contributed by atoms with Crippen molar-refractivity contribution in [3.63, 3.8) is 0 Å². The molecule has 5 nitrogen and oxygen atoms in total. The molecule has 5 heteroatoms. The maximum Gasteiger partial charge on any atom is 0.340 e. The van der Waals surface area contributed by atoms with Crippen molar-refractivity contribution in [1.29, 1.82) is 0 Å². The minimum Gasteiger partial charge on any atom is -0.465 e. The molecular weight excluding hydrogens is 292 g/mol. The number of anilines is 1. The van der Waals surface area contributed by atoms with Crippen molar-refractivity contribution in [2.75, 3.05) is 12.4 Å². The van der Waals surface area contributed by atoms with Gasteiger partial charge in [0.1, 0.15) is 5.66 Å². The lowest BCUT2D eigenvalue weighted by molar-refractivity contribution is 0.0603. The molecule has 3 aliphatic rings. The van der Waals surface area contributed by atoms with Crippen LogP contribution < -0.4 is 10.6 Å².